The molecule has 1 aromatic heterocycles. The van der Waals surface area contributed by atoms with Crippen molar-refractivity contribution in [2.45, 2.75) is 26.1 Å². The summed E-state index contributed by atoms with van der Waals surface area (Å²) in [6, 6.07) is 24.8. The summed E-state index contributed by atoms with van der Waals surface area (Å²) in [5.41, 5.74) is 4.07. The maximum atomic E-state index is 13.4. The maximum absolute atomic E-state index is 13.4. The van der Waals surface area contributed by atoms with Crippen molar-refractivity contribution < 1.29 is 24.2 Å². The Labute approximate surface area is 239 Å². The second-order valence-corrected chi connectivity index (χ2v) is 9.70. The minimum absolute atomic E-state index is 0.0206. The van der Waals surface area contributed by atoms with Crippen LogP contribution in [0.1, 0.15) is 33.9 Å². The lowest BCUT2D eigenvalue weighted by Gasteiger charge is -2.25. The first-order chi connectivity index (χ1) is 20.0. The van der Waals surface area contributed by atoms with Crippen LogP contribution in [-0.2, 0) is 22.7 Å². The van der Waals surface area contributed by atoms with Gasteiger partial charge in [0.15, 0.2) is 0 Å². The van der Waals surface area contributed by atoms with Crippen LogP contribution in [0.2, 0.25) is 0 Å². The summed E-state index contributed by atoms with van der Waals surface area (Å²) in [6.45, 7) is 6.60. The Bertz CT molecular complexity index is 1580. The lowest BCUT2D eigenvalue weighted by atomic mass is 9.95. The van der Waals surface area contributed by atoms with E-state index in [2.05, 4.69) is 11.6 Å². The molecule has 0 radical (unpaired) electrons. The molecule has 206 valence electrons. The molecule has 0 saturated carbocycles. The number of aliphatic hydroxyl groups excluding tert-OH is 1. The smallest absolute Gasteiger partial charge is 0.295 e. The molecule has 1 aliphatic heterocycles. The lowest BCUT2D eigenvalue weighted by molar-refractivity contribution is -0.140. The predicted molar refractivity (Wildman–Crippen MR) is 156 cm³/mol. The molecule has 1 amide bonds. The van der Waals surface area contributed by atoms with Gasteiger partial charge in [-0.1, -0.05) is 55.1 Å². The summed E-state index contributed by atoms with van der Waals surface area (Å²) < 4.78 is 11.5. The van der Waals surface area contributed by atoms with Gasteiger partial charge in [-0.05, 0) is 71.6 Å². The van der Waals surface area contributed by atoms with Crippen LogP contribution >= 0.6 is 0 Å². The van der Waals surface area contributed by atoms with Gasteiger partial charge in [0.2, 0.25) is 0 Å². The van der Waals surface area contributed by atoms with E-state index < -0.39 is 17.7 Å². The van der Waals surface area contributed by atoms with E-state index in [1.165, 1.54) is 4.90 Å². The second kappa shape index (κ2) is 12.3. The molecule has 7 heteroatoms. The monoisotopic (exact) mass is 546 g/mol. The molecule has 41 heavy (non-hydrogen) atoms. The number of carbonyl (C=O) groups is 2. The maximum Gasteiger partial charge on any atom is 0.295 e. The van der Waals surface area contributed by atoms with Crippen molar-refractivity contribution in [3.63, 3.8) is 0 Å². The van der Waals surface area contributed by atoms with Crippen LogP contribution in [0.4, 0.5) is 0 Å². The number of pyridine rings is 1. The molecule has 1 N–H and O–H groups in total. The Morgan fingerprint density at radius 1 is 0.951 bits per heavy atom. The number of nitrogens with zero attached hydrogens (tertiary/aromatic N) is 2. The third-order valence-corrected chi connectivity index (χ3v) is 6.96. The molecule has 1 atom stereocenters. The Morgan fingerprint density at radius 3 is 2.34 bits per heavy atom. The van der Waals surface area contributed by atoms with Crippen molar-refractivity contribution in [2.75, 3.05) is 6.61 Å². The largest absolute Gasteiger partial charge is 0.507 e. The van der Waals surface area contributed by atoms with Gasteiger partial charge < -0.3 is 19.5 Å². The first kappa shape index (κ1) is 27.4. The van der Waals surface area contributed by atoms with Crippen LogP contribution in [-0.4, -0.2) is 33.3 Å². The third-order valence-electron chi connectivity index (χ3n) is 6.96. The molecule has 1 unspecified atom stereocenters. The Kier molecular flexibility index (Phi) is 8.25. The quantitative estimate of drug-likeness (QED) is 0.111. The number of ether oxygens (including phenoxy) is 2. The Morgan fingerprint density at radius 2 is 1.66 bits per heavy atom. The molecular weight excluding hydrogens is 516 g/mol. The molecule has 3 aromatic carbocycles. The zero-order valence-electron chi connectivity index (χ0n) is 22.7. The van der Waals surface area contributed by atoms with E-state index in [4.69, 9.17) is 9.47 Å². The number of Topliss-reactive ketones (excluding diaryl/α,β-unsaturated/α-hetero) is 1. The fraction of sp³-hybridized carbons (Fsp3) is 0.147. The van der Waals surface area contributed by atoms with Crippen LogP contribution in [0.25, 0.3) is 5.76 Å². The highest BCUT2D eigenvalue weighted by Crippen LogP contribution is 2.40. The zero-order chi connectivity index (χ0) is 28.8. The fourth-order valence-electron chi connectivity index (χ4n) is 4.78. The summed E-state index contributed by atoms with van der Waals surface area (Å²) in [6.07, 6.45) is 4.94. The minimum atomic E-state index is -0.805. The van der Waals surface area contributed by atoms with Crippen molar-refractivity contribution in [3.8, 4) is 11.5 Å². The lowest BCUT2D eigenvalue weighted by Crippen LogP contribution is -2.29. The summed E-state index contributed by atoms with van der Waals surface area (Å²) in [5, 5.41) is 11.4. The van der Waals surface area contributed by atoms with E-state index in [0.717, 1.165) is 16.7 Å². The normalized spacial score (nSPS) is 16.0. The van der Waals surface area contributed by atoms with Gasteiger partial charge in [0.25, 0.3) is 11.7 Å². The topological polar surface area (TPSA) is 89.0 Å². The Hall–Kier alpha value is -5.17. The number of ketones is 1. The van der Waals surface area contributed by atoms with Gasteiger partial charge in [-0.2, -0.15) is 0 Å². The molecule has 1 fully saturated rings. The van der Waals surface area contributed by atoms with Crippen LogP contribution < -0.4 is 9.47 Å². The minimum Gasteiger partial charge on any atom is -0.507 e. The molecule has 7 nitrogen and oxygen atoms in total. The van der Waals surface area contributed by atoms with E-state index in [1.54, 1.807) is 73.1 Å². The summed E-state index contributed by atoms with van der Waals surface area (Å²) in [5.74, 6) is -0.444. The number of amides is 1. The van der Waals surface area contributed by atoms with Crippen LogP contribution in [0, 0.1) is 6.92 Å². The molecule has 0 bridgehead atoms. The highest BCUT2D eigenvalue weighted by Gasteiger charge is 2.46. The molecular formula is C34H30N2O5. The number of benzene rings is 3. The molecule has 5 rings (SSSR count). The highest BCUT2D eigenvalue weighted by molar-refractivity contribution is 6.46. The molecule has 0 aliphatic carbocycles. The standard InChI is InChI=1S/C34H30N2O5/c1-3-19-40-28-14-10-25(11-15-28)31-30(33(38)34(39)36(31)21-24-8-6-18-35-20-24)32(37)26-12-16-29(17-13-26)41-22-27-9-5-4-7-23(27)2/h3-18,20,31,37H,1,19,21-22H2,2H3/b32-30+. The van der Waals surface area contributed by atoms with Gasteiger partial charge in [-0.25, -0.2) is 0 Å². The first-order valence-corrected chi connectivity index (χ1v) is 13.2. The van der Waals surface area contributed by atoms with Crippen molar-refractivity contribution >= 4 is 17.4 Å². The highest BCUT2D eigenvalue weighted by atomic mass is 16.5. The van der Waals surface area contributed by atoms with Crippen molar-refractivity contribution in [2.24, 2.45) is 0 Å². The number of aryl methyl sites for hydroxylation is 1. The van der Waals surface area contributed by atoms with Crippen LogP contribution in [0.15, 0.2) is 116 Å². The van der Waals surface area contributed by atoms with Crippen molar-refractivity contribution in [1.82, 2.24) is 9.88 Å². The first-order valence-electron chi connectivity index (χ1n) is 13.2. The molecule has 1 saturated heterocycles. The number of carbonyl (C=O) groups excluding carboxylic acids is 2. The van der Waals surface area contributed by atoms with E-state index in [-0.39, 0.29) is 17.9 Å². The zero-order valence-corrected chi connectivity index (χ0v) is 22.7. The van der Waals surface area contributed by atoms with Gasteiger partial charge in [-0.3, -0.25) is 14.6 Å². The molecule has 0 spiro atoms. The van der Waals surface area contributed by atoms with Gasteiger partial charge in [0, 0.05) is 24.5 Å². The van der Waals surface area contributed by atoms with Crippen molar-refractivity contribution in [3.05, 3.63) is 143 Å². The molecule has 1 aliphatic rings. The third kappa shape index (κ3) is 6.04. The van der Waals surface area contributed by atoms with Gasteiger partial charge in [-0.15, -0.1) is 0 Å². The van der Waals surface area contributed by atoms with Gasteiger partial charge in [0.05, 0.1) is 11.6 Å². The van der Waals surface area contributed by atoms with E-state index >= 15 is 0 Å². The van der Waals surface area contributed by atoms with Gasteiger partial charge in [0.1, 0.15) is 30.5 Å². The van der Waals surface area contributed by atoms with Gasteiger partial charge >= 0.3 is 0 Å². The Balaban J connectivity index is 1.47. The summed E-state index contributed by atoms with van der Waals surface area (Å²) in [4.78, 5) is 32.3. The van der Waals surface area contributed by atoms with Crippen molar-refractivity contribution in [1.29, 1.82) is 0 Å². The van der Waals surface area contributed by atoms with E-state index in [1.807, 2.05) is 37.3 Å². The number of rotatable bonds is 10. The predicted octanol–water partition coefficient (Wildman–Crippen LogP) is 6.16. The summed E-state index contributed by atoms with van der Waals surface area (Å²) >= 11 is 0. The van der Waals surface area contributed by atoms with E-state index in [0.29, 0.717) is 35.8 Å². The van der Waals surface area contributed by atoms with Crippen LogP contribution in [0.5, 0.6) is 11.5 Å². The van der Waals surface area contributed by atoms with E-state index in [9.17, 15) is 14.7 Å². The number of hydrogen-bond acceptors (Lipinski definition) is 6. The molecule has 2 heterocycles. The van der Waals surface area contributed by atoms with Crippen LogP contribution in [0.3, 0.4) is 0 Å². The second-order valence-electron chi connectivity index (χ2n) is 9.70. The number of aliphatic hydroxyl groups is 1. The fourth-order valence-corrected chi connectivity index (χ4v) is 4.78. The average Bonchev–Trinajstić information content (AvgIpc) is 3.25. The number of hydrogen-bond donors (Lipinski definition) is 1. The molecule has 4 aromatic rings. The number of aromatic nitrogens is 1. The summed E-state index contributed by atoms with van der Waals surface area (Å²) in [7, 11) is 0. The average molecular weight is 547 g/mol. The SMILES string of the molecule is C=CCOc1ccc(C2/C(=C(\O)c3ccc(OCc4ccccc4C)cc3)C(=O)C(=O)N2Cc2cccnc2)cc1. The number of likely N-dealkylation sites (tertiary alicyclic amines) is 1.